The molecule has 220 valence electrons. The van der Waals surface area contributed by atoms with Gasteiger partial charge in [-0.1, -0.05) is 34.6 Å². The zero-order chi connectivity index (χ0) is 28.2. The van der Waals surface area contributed by atoms with Crippen LogP contribution in [0.15, 0.2) is 0 Å². The molecule has 0 saturated heterocycles. The van der Waals surface area contributed by atoms with Crippen molar-refractivity contribution in [2.45, 2.75) is 117 Å². The molecule has 9 heteroatoms. The fourth-order valence-corrected chi connectivity index (χ4v) is 10.5. The smallest absolute Gasteiger partial charge is 0.266 e. The second kappa shape index (κ2) is 10.9. The number of hydrogen-bond donors (Lipinski definition) is 5. The zero-order valence-electron chi connectivity index (χ0n) is 23.8. The van der Waals surface area contributed by atoms with E-state index in [1.807, 2.05) is 13.8 Å². The highest BCUT2D eigenvalue weighted by molar-refractivity contribution is 7.85. The fraction of sp³-hybridized carbons (Fsp3) is 0.966. The number of aliphatic hydroxyl groups is 3. The maximum atomic E-state index is 12.7. The Hall–Kier alpha value is -0.740. The van der Waals surface area contributed by atoms with Gasteiger partial charge in [0, 0.05) is 12.5 Å². The molecule has 0 spiro atoms. The number of carbonyl (C=O) groups is 1. The van der Waals surface area contributed by atoms with Crippen molar-refractivity contribution in [3.05, 3.63) is 0 Å². The van der Waals surface area contributed by atoms with Crippen LogP contribution in [-0.4, -0.2) is 64.3 Å². The molecule has 5 N–H and O–H groups in total. The molecule has 0 aromatic heterocycles. The maximum absolute atomic E-state index is 12.7. The van der Waals surface area contributed by atoms with Gasteiger partial charge in [-0.3, -0.25) is 9.35 Å². The number of hydrogen-bond acceptors (Lipinski definition) is 6. The third-order valence-corrected chi connectivity index (χ3v) is 12.7. The summed E-state index contributed by atoms with van der Waals surface area (Å²) in [6.07, 6.45) is 5.60. The number of fused-ring (bicyclic) bond motifs is 5. The molecule has 0 radical (unpaired) electrons. The molecule has 0 unspecified atom stereocenters. The predicted octanol–water partition coefficient (Wildman–Crippen LogP) is 3.39. The van der Waals surface area contributed by atoms with E-state index in [1.165, 1.54) is 0 Å². The Labute approximate surface area is 229 Å². The predicted molar refractivity (Wildman–Crippen MR) is 146 cm³/mol. The zero-order valence-corrected chi connectivity index (χ0v) is 24.7. The summed E-state index contributed by atoms with van der Waals surface area (Å²) in [4.78, 5) is 12.7. The van der Waals surface area contributed by atoms with Gasteiger partial charge in [0.15, 0.2) is 0 Å². The Morgan fingerprint density at radius 3 is 2.32 bits per heavy atom. The van der Waals surface area contributed by atoms with Crippen LogP contribution >= 0.6 is 0 Å². The van der Waals surface area contributed by atoms with E-state index in [-0.39, 0.29) is 64.8 Å². The van der Waals surface area contributed by atoms with Crippen LogP contribution in [0.5, 0.6) is 0 Å². The topological polar surface area (TPSA) is 144 Å². The minimum atomic E-state index is -4.19. The normalized spacial score (nSPS) is 44.6. The maximum Gasteiger partial charge on any atom is 0.266 e. The third kappa shape index (κ3) is 5.56. The largest absolute Gasteiger partial charge is 0.393 e. The van der Waals surface area contributed by atoms with Crippen molar-refractivity contribution in [3.63, 3.8) is 0 Å². The van der Waals surface area contributed by atoms with Gasteiger partial charge in [-0.25, -0.2) is 0 Å². The van der Waals surface area contributed by atoms with Crippen molar-refractivity contribution < 1.29 is 33.1 Å². The van der Waals surface area contributed by atoms with Gasteiger partial charge >= 0.3 is 0 Å². The summed E-state index contributed by atoms with van der Waals surface area (Å²) in [7, 11) is -4.19. The van der Waals surface area contributed by atoms with Crippen molar-refractivity contribution in [1.82, 2.24) is 5.32 Å². The Morgan fingerprint density at radius 1 is 1.00 bits per heavy atom. The molecule has 0 aliphatic heterocycles. The van der Waals surface area contributed by atoms with Gasteiger partial charge in [-0.05, 0) is 104 Å². The molecule has 4 rings (SSSR count). The van der Waals surface area contributed by atoms with Crippen molar-refractivity contribution in [1.29, 1.82) is 0 Å². The monoisotopic (exact) mass is 557 g/mol. The first-order chi connectivity index (χ1) is 17.6. The van der Waals surface area contributed by atoms with Crippen LogP contribution in [0.4, 0.5) is 0 Å². The molecule has 38 heavy (non-hydrogen) atoms. The highest BCUT2D eigenvalue weighted by atomic mass is 32.2. The average molecular weight is 558 g/mol. The second-order valence-electron chi connectivity index (χ2n) is 14.2. The van der Waals surface area contributed by atoms with E-state index in [1.54, 1.807) is 0 Å². The lowest BCUT2D eigenvalue weighted by molar-refractivity contribution is -0.207. The molecule has 1 amide bonds. The van der Waals surface area contributed by atoms with Gasteiger partial charge in [0.05, 0.1) is 24.1 Å². The Kier molecular flexibility index (Phi) is 8.68. The van der Waals surface area contributed by atoms with E-state index in [2.05, 4.69) is 26.1 Å². The van der Waals surface area contributed by atoms with Crippen molar-refractivity contribution in [3.8, 4) is 0 Å². The molecule has 4 aliphatic carbocycles. The fourth-order valence-electron chi connectivity index (χ4n) is 9.60. The molecule has 4 saturated carbocycles. The van der Waals surface area contributed by atoms with Crippen molar-refractivity contribution in [2.24, 2.45) is 52.3 Å². The number of amides is 1. The van der Waals surface area contributed by atoms with Gasteiger partial charge in [0.1, 0.15) is 0 Å². The van der Waals surface area contributed by atoms with E-state index in [4.69, 9.17) is 0 Å². The summed E-state index contributed by atoms with van der Waals surface area (Å²) in [6, 6.07) is -0.642. The lowest BCUT2D eigenvalue weighted by atomic mass is 9.43. The Morgan fingerprint density at radius 2 is 1.68 bits per heavy atom. The molecule has 0 aromatic rings. The lowest BCUT2D eigenvalue weighted by Gasteiger charge is -2.63. The molecular formula is C29H51NO7S. The van der Waals surface area contributed by atoms with Crippen LogP contribution in [0.2, 0.25) is 0 Å². The first kappa shape index (κ1) is 30.2. The highest BCUT2D eigenvalue weighted by Crippen LogP contribution is 2.68. The van der Waals surface area contributed by atoms with Gasteiger partial charge in [-0.15, -0.1) is 0 Å². The van der Waals surface area contributed by atoms with Crippen LogP contribution in [0.3, 0.4) is 0 Å². The average Bonchev–Trinajstić information content (AvgIpc) is 3.16. The summed E-state index contributed by atoms with van der Waals surface area (Å²) in [5, 5.41) is 36.2. The number of aliphatic hydroxyl groups excluding tert-OH is 3. The first-order valence-electron chi connectivity index (χ1n) is 14.9. The molecular weight excluding hydrogens is 506 g/mol. The molecule has 4 fully saturated rings. The summed E-state index contributed by atoms with van der Waals surface area (Å²) >= 11 is 0. The summed E-state index contributed by atoms with van der Waals surface area (Å²) in [6.45, 7) is 10.3. The molecule has 0 aromatic carbocycles. The van der Waals surface area contributed by atoms with Crippen LogP contribution in [0.1, 0.15) is 92.4 Å². The van der Waals surface area contributed by atoms with E-state index in [0.29, 0.717) is 18.8 Å². The second-order valence-corrected chi connectivity index (χ2v) is 15.7. The van der Waals surface area contributed by atoms with E-state index < -0.39 is 34.1 Å². The minimum absolute atomic E-state index is 0.0439. The SMILES string of the molecule is CC(C)[C@@H](CS(=O)(=O)O)NC(=O)CC[C@@H](C)[C@H]1CC[C@H]2[C@@H]3[C@H](O)C[C@@H]4C[C@H](O)CC[C@]4(C)[C@H]3C[C@H](O)[C@]12C. The third-order valence-electron chi connectivity index (χ3n) is 11.9. The molecule has 0 bridgehead atoms. The summed E-state index contributed by atoms with van der Waals surface area (Å²) in [5.41, 5.74) is -0.275. The summed E-state index contributed by atoms with van der Waals surface area (Å²) in [5.74, 6) is 0.528. The Bertz CT molecular complexity index is 972. The summed E-state index contributed by atoms with van der Waals surface area (Å²) < 4.78 is 31.9. The number of nitrogens with one attached hydrogen (secondary N) is 1. The van der Waals surface area contributed by atoms with E-state index in [9.17, 15) is 33.1 Å². The van der Waals surface area contributed by atoms with Crippen molar-refractivity contribution >= 4 is 16.0 Å². The first-order valence-corrected chi connectivity index (χ1v) is 16.5. The minimum Gasteiger partial charge on any atom is -0.393 e. The number of carbonyl (C=O) groups excluding carboxylic acids is 1. The van der Waals surface area contributed by atoms with Crippen LogP contribution < -0.4 is 5.32 Å². The van der Waals surface area contributed by atoms with Gasteiger partial charge in [0.2, 0.25) is 5.91 Å². The molecule has 8 nitrogen and oxygen atoms in total. The van der Waals surface area contributed by atoms with Gasteiger partial charge in [-0.2, -0.15) is 8.42 Å². The Balaban J connectivity index is 1.44. The molecule has 12 atom stereocenters. The van der Waals surface area contributed by atoms with Gasteiger partial charge in [0.25, 0.3) is 10.1 Å². The number of rotatable bonds is 8. The quantitative estimate of drug-likeness (QED) is 0.288. The van der Waals surface area contributed by atoms with Crippen LogP contribution in [-0.2, 0) is 14.9 Å². The van der Waals surface area contributed by atoms with E-state index in [0.717, 1.165) is 38.5 Å². The molecule has 4 aliphatic rings. The van der Waals surface area contributed by atoms with Gasteiger partial charge < -0.3 is 20.6 Å². The molecule has 0 heterocycles. The van der Waals surface area contributed by atoms with E-state index >= 15 is 0 Å². The lowest BCUT2D eigenvalue weighted by Crippen LogP contribution is -2.62. The standard InChI is InChI=1S/C29H51NO7S/c1-16(2)23(15-38(35,36)37)30-26(34)9-6-17(3)20-7-8-21-27-22(14-25(33)29(20,21)5)28(4)11-10-19(31)12-18(28)13-24(27)32/h16-25,27,31-33H,6-15H2,1-5H3,(H,30,34)(H,35,36,37)/t17-,18+,19-,20-,21+,22+,23-,24-,25+,27+,28+,29-/m1/s1. The van der Waals surface area contributed by atoms with Crippen molar-refractivity contribution in [2.75, 3.05) is 5.75 Å². The highest BCUT2D eigenvalue weighted by Gasteiger charge is 2.65. The van der Waals surface area contributed by atoms with Crippen LogP contribution in [0.25, 0.3) is 0 Å². The van der Waals surface area contributed by atoms with Crippen LogP contribution in [0, 0.1) is 52.3 Å².